The third-order valence-electron chi connectivity index (χ3n) is 2.28. The van der Waals surface area contributed by atoms with E-state index >= 15 is 0 Å². The SMILES string of the molecule is N#Cc1ccc(Cl)c(S(=O)(=O)NCCCC(F)(F)F)c1. The van der Waals surface area contributed by atoms with Crippen molar-refractivity contribution in [2.45, 2.75) is 23.9 Å². The lowest BCUT2D eigenvalue weighted by Gasteiger charge is -2.09. The van der Waals surface area contributed by atoms with Crippen LogP contribution >= 0.6 is 11.6 Å². The zero-order chi connectivity index (χ0) is 15.4. The topological polar surface area (TPSA) is 70.0 Å². The smallest absolute Gasteiger partial charge is 0.211 e. The molecule has 1 aromatic carbocycles. The minimum Gasteiger partial charge on any atom is -0.211 e. The van der Waals surface area contributed by atoms with Crippen molar-refractivity contribution in [3.8, 4) is 6.07 Å². The van der Waals surface area contributed by atoms with E-state index in [1.54, 1.807) is 6.07 Å². The Balaban J connectivity index is 2.77. The zero-order valence-electron chi connectivity index (χ0n) is 10.0. The second-order valence-electron chi connectivity index (χ2n) is 3.87. The molecule has 0 saturated carbocycles. The molecule has 9 heteroatoms. The lowest BCUT2D eigenvalue weighted by molar-refractivity contribution is -0.135. The summed E-state index contributed by atoms with van der Waals surface area (Å²) in [6.45, 7) is -0.366. The number of benzene rings is 1. The van der Waals surface area contributed by atoms with Crippen molar-refractivity contribution in [1.29, 1.82) is 5.26 Å². The molecule has 0 fully saturated rings. The number of rotatable bonds is 5. The van der Waals surface area contributed by atoms with Crippen LogP contribution in [0.15, 0.2) is 23.1 Å². The molecule has 0 spiro atoms. The Morgan fingerprint density at radius 3 is 2.55 bits per heavy atom. The van der Waals surface area contributed by atoms with Gasteiger partial charge in [0.2, 0.25) is 10.0 Å². The van der Waals surface area contributed by atoms with E-state index in [2.05, 4.69) is 0 Å². The van der Waals surface area contributed by atoms with Crippen LogP contribution in [0.3, 0.4) is 0 Å². The van der Waals surface area contributed by atoms with Gasteiger partial charge in [0.15, 0.2) is 0 Å². The summed E-state index contributed by atoms with van der Waals surface area (Å²) in [5.41, 5.74) is 0.0880. The summed E-state index contributed by atoms with van der Waals surface area (Å²) in [5, 5.41) is 8.58. The van der Waals surface area contributed by atoms with E-state index in [4.69, 9.17) is 16.9 Å². The van der Waals surface area contributed by atoms with Gasteiger partial charge in [0.25, 0.3) is 0 Å². The van der Waals surface area contributed by atoms with Gasteiger partial charge >= 0.3 is 6.18 Å². The fourth-order valence-electron chi connectivity index (χ4n) is 1.35. The Bertz CT molecular complexity index is 624. The summed E-state index contributed by atoms with van der Waals surface area (Å²) in [6.07, 6.45) is -5.79. The lowest BCUT2D eigenvalue weighted by Crippen LogP contribution is -2.26. The quantitative estimate of drug-likeness (QED) is 0.846. The van der Waals surface area contributed by atoms with Crippen molar-refractivity contribution in [2.24, 2.45) is 0 Å². The van der Waals surface area contributed by atoms with Crippen LogP contribution in [-0.2, 0) is 10.0 Å². The second kappa shape index (κ2) is 6.43. The van der Waals surface area contributed by atoms with Crippen molar-refractivity contribution >= 4 is 21.6 Å². The molecule has 0 aliphatic carbocycles. The summed E-state index contributed by atoms with van der Waals surface area (Å²) in [6, 6.07) is 5.40. The highest BCUT2D eigenvalue weighted by molar-refractivity contribution is 7.89. The van der Waals surface area contributed by atoms with Gasteiger partial charge in [-0.25, -0.2) is 13.1 Å². The predicted molar refractivity (Wildman–Crippen MR) is 66.6 cm³/mol. The molecule has 0 radical (unpaired) electrons. The Morgan fingerprint density at radius 2 is 2.00 bits per heavy atom. The van der Waals surface area contributed by atoms with Gasteiger partial charge in [-0.3, -0.25) is 0 Å². The third kappa shape index (κ3) is 5.00. The van der Waals surface area contributed by atoms with Gasteiger partial charge in [-0.1, -0.05) is 11.6 Å². The van der Waals surface area contributed by atoms with Crippen molar-refractivity contribution in [1.82, 2.24) is 4.72 Å². The summed E-state index contributed by atoms with van der Waals surface area (Å²) in [7, 11) is -4.04. The van der Waals surface area contributed by atoms with Crippen LogP contribution in [0.25, 0.3) is 0 Å². The fraction of sp³-hybridized carbons (Fsp3) is 0.364. The Kier molecular flexibility index (Phi) is 5.39. The highest BCUT2D eigenvalue weighted by Gasteiger charge is 2.26. The first kappa shape index (κ1) is 16.8. The number of nitrogens with one attached hydrogen (secondary N) is 1. The zero-order valence-corrected chi connectivity index (χ0v) is 11.6. The van der Waals surface area contributed by atoms with Crippen LogP contribution in [0.1, 0.15) is 18.4 Å². The molecule has 0 aliphatic rings. The highest BCUT2D eigenvalue weighted by Crippen LogP contribution is 2.23. The molecule has 0 aliphatic heterocycles. The molecule has 1 N–H and O–H groups in total. The largest absolute Gasteiger partial charge is 0.389 e. The van der Waals surface area contributed by atoms with Gasteiger partial charge in [0.05, 0.1) is 16.7 Å². The number of hydrogen-bond donors (Lipinski definition) is 1. The summed E-state index contributed by atoms with van der Waals surface area (Å²) >= 11 is 5.71. The standard InChI is InChI=1S/C11H10ClF3N2O2S/c12-9-3-2-8(7-16)6-10(9)20(18,19)17-5-1-4-11(13,14)15/h2-3,6,17H,1,4-5H2. The molecular weight excluding hydrogens is 317 g/mol. The molecule has 20 heavy (non-hydrogen) atoms. The number of nitriles is 1. The molecule has 0 aromatic heterocycles. The van der Waals surface area contributed by atoms with Gasteiger partial charge in [-0.15, -0.1) is 0 Å². The van der Waals surface area contributed by atoms with Crippen LogP contribution in [-0.4, -0.2) is 21.1 Å². The van der Waals surface area contributed by atoms with Crippen LogP contribution in [0.4, 0.5) is 13.2 Å². The van der Waals surface area contributed by atoms with Crippen molar-refractivity contribution in [3.05, 3.63) is 28.8 Å². The first-order chi connectivity index (χ1) is 9.15. The van der Waals surface area contributed by atoms with E-state index in [0.29, 0.717) is 0 Å². The average molecular weight is 327 g/mol. The molecule has 110 valence electrons. The average Bonchev–Trinajstić information content (AvgIpc) is 2.34. The van der Waals surface area contributed by atoms with Gasteiger partial charge in [-0.05, 0) is 24.6 Å². The van der Waals surface area contributed by atoms with E-state index in [1.807, 2.05) is 4.72 Å². The summed E-state index contributed by atoms with van der Waals surface area (Å²) in [4.78, 5) is -0.328. The fourth-order valence-corrected chi connectivity index (χ4v) is 2.95. The van der Waals surface area contributed by atoms with E-state index in [-0.39, 0.29) is 28.4 Å². The molecule has 1 aromatic rings. The van der Waals surface area contributed by atoms with Crippen LogP contribution in [0.2, 0.25) is 5.02 Å². The third-order valence-corrected chi connectivity index (χ3v) is 4.22. The first-order valence-electron chi connectivity index (χ1n) is 5.42. The summed E-state index contributed by atoms with van der Waals surface area (Å²) in [5.74, 6) is 0. The number of nitrogens with zero attached hydrogens (tertiary/aromatic N) is 1. The molecule has 0 unspecified atom stereocenters. The monoisotopic (exact) mass is 326 g/mol. The molecule has 0 atom stereocenters. The maximum Gasteiger partial charge on any atom is 0.389 e. The van der Waals surface area contributed by atoms with Crippen molar-refractivity contribution in [3.63, 3.8) is 0 Å². The molecular formula is C11H10ClF3N2O2S. The Labute approximate surface area is 119 Å². The number of halogens is 4. The van der Waals surface area contributed by atoms with Crippen LogP contribution in [0, 0.1) is 11.3 Å². The van der Waals surface area contributed by atoms with E-state index in [9.17, 15) is 21.6 Å². The van der Waals surface area contributed by atoms with Crippen molar-refractivity contribution in [2.75, 3.05) is 6.54 Å². The maximum atomic E-state index is 11.9. The molecule has 4 nitrogen and oxygen atoms in total. The Hall–Kier alpha value is -1.30. The lowest BCUT2D eigenvalue weighted by atomic mass is 10.2. The molecule has 0 heterocycles. The Morgan fingerprint density at radius 1 is 1.35 bits per heavy atom. The minimum absolute atomic E-state index is 0.0880. The first-order valence-corrected chi connectivity index (χ1v) is 7.28. The van der Waals surface area contributed by atoms with Crippen molar-refractivity contribution < 1.29 is 21.6 Å². The number of hydrogen-bond acceptors (Lipinski definition) is 3. The summed E-state index contributed by atoms with van der Waals surface area (Å²) < 4.78 is 61.5. The maximum absolute atomic E-state index is 11.9. The van der Waals surface area contributed by atoms with E-state index in [0.717, 1.165) is 6.07 Å². The molecule has 0 saturated heterocycles. The molecule has 1 rings (SSSR count). The van der Waals surface area contributed by atoms with Gasteiger partial charge in [0, 0.05) is 13.0 Å². The van der Waals surface area contributed by atoms with Crippen LogP contribution < -0.4 is 4.72 Å². The number of sulfonamides is 1. The van der Waals surface area contributed by atoms with Gasteiger partial charge in [0.1, 0.15) is 4.90 Å². The second-order valence-corrected chi connectivity index (χ2v) is 6.02. The molecule has 0 amide bonds. The van der Waals surface area contributed by atoms with E-state index < -0.39 is 22.6 Å². The number of alkyl halides is 3. The predicted octanol–water partition coefficient (Wildman–Crippen LogP) is 2.83. The van der Waals surface area contributed by atoms with E-state index in [1.165, 1.54) is 12.1 Å². The van der Waals surface area contributed by atoms with Gasteiger partial charge in [-0.2, -0.15) is 18.4 Å². The highest BCUT2D eigenvalue weighted by atomic mass is 35.5. The minimum atomic E-state index is -4.33. The molecule has 0 bridgehead atoms. The normalized spacial score (nSPS) is 12.2. The van der Waals surface area contributed by atoms with Crippen LogP contribution in [0.5, 0.6) is 0 Å². The van der Waals surface area contributed by atoms with Gasteiger partial charge < -0.3 is 0 Å².